The van der Waals surface area contributed by atoms with Gasteiger partial charge in [-0.05, 0) is 18.6 Å². The number of aryl methyl sites for hydroxylation is 1. The van der Waals surface area contributed by atoms with E-state index < -0.39 is 0 Å². The van der Waals surface area contributed by atoms with Crippen molar-refractivity contribution in [3.05, 3.63) is 48.3 Å². The van der Waals surface area contributed by atoms with Gasteiger partial charge in [0.05, 0.1) is 13.7 Å². The van der Waals surface area contributed by atoms with Crippen LogP contribution in [0, 0.1) is 0 Å². The highest BCUT2D eigenvalue weighted by Gasteiger charge is 2.10. The van der Waals surface area contributed by atoms with Crippen molar-refractivity contribution in [3.63, 3.8) is 0 Å². The first-order valence-corrected chi connectivity index (χ1v) is 7.29. The van der Waals surface area contributed by atoms with E-state index in [-0.39, 0.29) is 6.03 Å². The summed E-state index contributed by atoms with van der Waals surface area (Å²) < 4.78 is 7.15. The predicted octanol–water partition coefficient (Wildman–Crippen LogP) is 2.12. The molecule has 0 aliphatic rings. The van der Waals surface area contributed by atoms with Crippen molar-refractivity contribution in [2.45, 2.75) is 19.5 Å². The Labute approximate surface area is 130 Å². The van der Waals surface area contributed by atoms with E-state index in [1.807, 2.05) is 41.2 Å². The van der Waals surface area contributed by atoms with Crippen molar-refractivity contribution < 1.29 is 9.53 Å². The molecule has 22 heavy (non-hydrogen) atoms. The highest BCUT2D eigenvalue weighted by molar-refractivity contribution is 5.73. The third-order valence-corrected chi connectivity index (χ3v) is 3.35. The molecule has 0 aliphatic carbocycles. The lowest BCUT2D eigenvalue weighted by Gasteiger charge is -2.19. The van der Waals surface area contributed by atoms with Crippen LogP contribution in [0.5, 0.6) is 5.75 Å². The fourth-order valence-electron chi connectivity index (χ4n) is 2.16. The summed E-state index contributed by atoms with van der Waals surface area (Å²) in [4.78, 5) is 13.7. The molecule has 0 saturated carbocycles. The summed E-state index contributed by atoms with van der Waals surface area (Å²) in [5.74, 6) is 0.792. The highest BCUT2D eigenvalue weighted by atomic mass is 16.5. The maximum Gasteiger partial charge on any atom is 0.317 e. The first kappa shape index (κ1) is 15.9. The van der Waals surface area contributed by atoms with Crippen LogP contribution in [0.15, 0.2) is 42.7 Å². The van der Waals surface area contributed by atoms with Crippen LogP contribution in [0.3, 0.4) is 0 Å². The Hall–Kier alpha value is -2.50. The van der Waals surface area contributed by atoms with Crippen LogP contribution in [0.2, 0.25) is 0 Å². The fraction of sp³-hybridized carbons (Fsp3) is 0.375. The van der Waals surface area contributed by atoms with E-state index in [1.54, 1.807) is 25.3 Å². The van der Waals surface area contributed by atoms with E-state index in [9.17, 15) is 4.79 Å². The molecule has 2 amide bonds. The lowest BCUT2D eigenvalue weighted by atomic mass is 10.2. The molecule has 6 heteroatoms. The maximum atomic E-state index is 12.1. The van der Waals surface area contributed by atoms with Crippen LogP contribution in [0.1, 0.15) is 12.0 Å². The zero-order valence-electron chi connectivity index (χ0n) is 13.0. The summed E-state index contributed by atoms with van der Waals surface area (Å²) in [6, 6.07) is 9.50. The van der Waals surface area contributed by atoms with Gasteiger partial charge in [-0.15, -0.1) is 0 Å². The number of ether oxygens (including phenoxy) is 1. The molecule has 0 fully saturated rings. The molecule has 2 rings (SSSR count). The molecule has 0 bridgehead atoms. The smallest absolute Gasteiger partial charge is 0.317 e. The number of carbonyl (C=O) groups excluding carboxylic acids is 1. The predicted molar refractivity (Wildman–Crippen MR) is 84.7 cm³/mol. The minimum Gasteiger partial charge on any atom is -0.496 e. The third-order valence-electron chi connectivity index (χ3n) is 3.35. The number of benzene rings is 1. The summed E-state index contributed by atoms with van der Waals surface area (Å²) in [5.41, 5.74) is 0.985. The number of hydrogen-bond acceptors (Lipinski definition) is 3. The number of carbonyl (C=O) groups is 1. The topological polar surface area (TPSA) is 59.4 Å². The van der Waals surface area contributed by atoms with Crippen molar-refractivity contribution in [2.75, 3.05) is 20.7 Å². The van der Waals surface area contributed by atoms with Crippen molar-refractivity contribution >= 4 is 6.03 Å². The lowest BCUT2D eigenvalue weighted by Crippen LogP contribution is -2.37. The number of rotatable bonds is 7. The largest absolute Gasteiger partial charge is 0.496 e. The zero-order valence-corrected chi connectivity index (χ0v) is 13.0. The molecule has 2 aromatic rings. The molecular formula is C16H22N4O2. The number of amides is 2. The van der Waals surface area contributed by atoms with Crippen LogP contribution in [0.4, 0.5) is 4.79 Å². The second-order valence-electron chi connectivity index (χ2n) is 5.02. The SMILES string of the molecule is COc1ccccc1CN(C)C(=O)NCCCn1cccn1. The number of methoxy groups -OCH3 is 1. The van der Waals surface area contributed by atoms with Gasteiger partial charge in [-0.2, -0.15) is 5.10 Å². The minimum absolute atomic E-state index is 0.0913. The zero-order chi connectivity index (χ0) is 15.8. The molecule has 1 aromatic carbocycles. The Morgan fingerprint density at radius 2 is 2.18 bits per heavy atom. The molecule has 1 heterocycles. The number of para-hydroxylation sites is 1. The van der Waals surface area contributed by atoms with E-state index in [2.05, 4.69) is 10.4 Å². The number of urea groups is 1. The van der Waals surface area contributed by atoms with Gasteiger partial charge in [-0.25, -0.2) is 4.79 Å². The maximum absolute atomic E-state index is 12.1. The Morgan fingerprint density at radius 3 is 2.91 bits per heavy atom. The van der Waals surface area contributed by atoms with Gasteiger partial charge in [0.2, 0.25) is 0 Å². The molecule has 1 N–H and O–H groups in total. The first-order valence-electron chi connectivity index (χ1n) is 7.29. The second-order valence-corrected chi connectivity index (χ2v) is 5.02. The van der Waals surface area contributed by atoms with Gasteiger partial charge >= 0.3 is 6.03 Å². The number of hydrogen-bond donors (Lipinski definition) is 1. The van der Waals surface area contributed by atoms with Gasteiger partial charge in [0.15, 0.2) is 0 Å². The van der Waals surface area contributed by atoms with Crippen molar-refractivity contribution in [3.8, 4) is 5.75 Å². The molecule has 0 saturated heterocycles. The molecule has 0 unspecified atom stereocenters. The summed E-state index contributed by atoms with van der Waals surface area (Å²) in [5, 5.41) is 7.03. The van der Waals surface area contributed by atoms with E-state index in [0.717, 1.165) is 24.3 Å². The van der Waals surface area contributed by atoms with Gasteiger partial charge < -0.3 is 15.0 Å². The summed E-state index contributed by atoms with van der Waals surface area (Å²) in [6.45, 7) is 1.92. The molecule has 0 spiro atoms. The Morgan fingerprint density at radius 1 is 1.36 bits per heavy atom. The van der Waals surface area contributed by atoms with Crippen LogP contribution in [0.25, 0.3) is 0 Å². The average Bonchev–Trinajstić information content (AvgIpc) is 3.05. The van der Waals surface area contributed by atoms with Crippen molar-refractivity contribution in [1.29, 1.82) is 0 Å². The van der Waals surface area contributed by atoms with E-state index in [4.69, 9.17) is 4.74 Å². The summed E-state index contributed by atoms with van der Waals surface area (Å²) in [6.07, 6.45) is 4.51. The van der Waals surface area contributed by atoms with Gasteiger partial charge in [0.1, 0.15) is 5.75 Å². The molecular weight excluding hydrogens is 280 g/mol. The Kier molecular flexibility index (Phi) is 5.82. The summed E-state index contributed by atoms with van der Waals surface area (Å²) >= 11 is 0. The van der Waals surface area contributed by atoms with Gasteiger partial charge in [0, 0.05) is 38.1 Å². The second kappa shape index (κ2) is 8.07. The molecule has 118 valence electrons. The molecule has 1 aromatic heterocycles. The number of nitrogens with one attached hydrogen (secondary N) is 1. The summed E-state index contributed by atoms with van der Waals surface area (Å²) in [7, 11) is 3.41. The number of aromatic nitrogens is 2. The number of nitrogens with zero attached hydrogens (tertiary/aromatic N) is 3. The molecule has 0 radical (unpaired) electrons. The van der Waals surface area contributed by atoms with Crippen LogP contribution >= 0.6 is 0 Å². The van der Waals surface area contributed by atoms with E-state index >= 15 is 0 Å². The fourth-order valence-corrected chi connectivity index (χ4v) is 2.16. The average molecular weight is 302 g/mol. The van der Waals surface area contributed by atoms with Gasteiger partial charge in [-0.3, -0.25) is 4.68 Å². The quantitative estimate of drug-likeness (QED) is 0.797. The normalized spacial score (nSPS) is 10.3. The van der Waals surface area contributed by atoms with E-state index in [1.165, 1.54) is 0 Å². The van der Waals surface area contributed by atoms with Crippen molar-refractivity contribution in [1.82, 2.24) is 20.0 Å². The lowest BCUT2D eigenvalue weighted by molar-refractivity contribution is 0.206. The van der Waals surface area contributed by atoms with Gasteiger partial charge in [-0.1, -0.05) is 18.2 Å². The third kappa shape index (κ3) is 4.51. The minimum atomic E-state index is -0.0913. The Bertz CT molecular complexity index is 584. The molecule has 6 nitrogen and oxygen atoms in total. The van der Waals surface area contributed by atoms with Crippen LogP contribution in [-0.4, -0.2) is 41.4 Å². The monoisotopic (exact) mass is 302 g/mol. The standard InChI is InChI=1S/C16H22N4O2/c1-19(13-14-7-3-4-8-15(14)22-2)16(21)17-9-5-11-20-12-6-10-18-20/h3-4,6-8,10,12H,5,9,11,13H2,1-2H3,(H,17,21). The highest BCUT2D eigenvalue weighted by Crippen LogP contribution is 2.18. The van der Waals surface area contributed by atoms with Crippen molar-refractivity contribution in [2.24, 2.45) is 0 Å². The van der Waals surface area contributed by atoms with Gasteiger partial charge in [0.25, 0.3) is 0 Å². The van der Waals surface area contributed by atoms with Crippen LogP contribution < -0.4 is 10.1 Å². The Balaban J connectivity index is 1.74. The van der Waals surface area contributed by atoms with Crippen LogP contribution in [-0.2, 0) is 13.1 Å². The molecule has 0 aliphatic heterocycles. The van der Waals surface area contributed by atoms with E-state index in [0.29, 0.717) is 13.1 Å². The molecule has 0 atom stereocenters. The first-order chi connectivity index (χ1) is 10.7.